The van der Waals surface area contributed by atoms with Crippen molar-refractivity contribution < 1.29 is 4.74 Å². The Hall–Kier alpha value is -1.40. The van der Waals surface area contributed by atoms with Crippen LogP contribution in [0.25, 0.3) is 0 Å². The van der Waals surface area contributed by atoms with Crippen molar-refractivity contribution in [3.05, 3.63) is 11.8 Å². The van der Waals surface area contributed by atoms with Gasteiger partial charge in [-0.25, -0.2) is 4.98 Å². The summed E-state index contributed by atoms with van der Waals surface area (Å²) in [7, 11) is 3.73. The molecule has 0 aliphatic carbocycles. The van der Waals surface area contributed by atoms with Gasteiger partial charge in [0.1, 0.15) is 0 Å². The van der Waals surface area contributed by atoms with E-state index < -0.39 is 0 Å². The predicted octanol–water partition coefficient (Wildman–Crippen LogP) is -0.127. The number of rotatable bonds is 3. The lowest BCUT2D eigenvalue weighted by molar-refractivity contribution is 0.267. The standard InChI is InChI=1S/C12H21N5O/c1-9-6-11(18-3)15-12(14-9)17-5-4-16(2)8-10(17)7-13/h6,10H,4-5,7-8,13H2,1-3H3. The van der Waals surface area contributed by atoms with Gasteiger partial charge < -0.3 is 20.3 Å². The van der Waals surface area contributed by atoms with Crippen molar-refractivity contribution in [2.45, 2.75) is 13.0 Å². The van der Waals surface area contributed by atoms with Crippen LogP contribution in [-0.2, 0) is 0 Å². The van der Waals surface area contributed by atoms with E-state index in [4.69, 9.17) is 10.5 Å². The molecule has 6 heteroatoms. The zero-order valence-corrected chi connectivity index (χ0v) is 11.3. The number of nitrogens with zero attached hydrogens (tertiary/aromatic N) is 4. The van der Waals surface area contributed by atoms with E-state index in [0.717, 1.165) is 31.3 Å². The van der Waals surface area contributed by atoms with Crippen LogP contribution >= 0.6 is 0 Å². The maximum atomic E-state index is 5.85. The highest BCUT2D eigenvalue weighted by Gasteiger charge is 2.26. The number of hydrogen-bond acceptors (Lipinski definition) is 6. The number of anilines is 1. The van der Waals surface area contributed by atoms with E-state index in [1.807, 2.05) is 13.0 Å². The van der Waals surface area contributed by atoms with Gasteiger partial charge in [-0.2, -0.15) is 4.98 Å². The summed E-state index contributed by atoms with van der Waals surface area (Å²) in [4.78, 5) is 13.4. The van der Waals surface area contributed by atoms with Crippen LogP contribution in [0.2, 0.25) is 0 Å². The van der Waals surface area contributed by atoms with Crippen LogP contribution in [0.3, 0.4) is 0 Å². The van der Waals surface area contributed by atoms with Crippen molar-refractivity contribution in [2.24, 2.45) is 5.73 Å². The average molecular weight is 251 g/mol. The Labute approximate surface area is 108 Å². The molecular formula is C12H21N5O. The number of aromatic nitrogens is 2. The Morgan fingerprint density at radius 2 is 2.22 bits per heavy atom. The van der Waals surface area contributed by atoms with Crippen LogP contribution in [0.15, 0.2) is 6.07 Å². The molecule has 0 bridgehead atoms. The molecule has 1 aliphatic rings. The van der Waals surface area contributed by atoms with Gasteiger partial charge >= 0.3 is 0 Å². The van der Waals surface area contributed by atoms with Crippen molar-refractivity contribution in [1.82, 2.24) is 14.9 Å². The molecule has 100 valence electrons. The fourth-order valence-electron chi connectivity index (χ4n) is 2.23. The summed E-state index contributed by atoms with van der Waals surface area (Å²) in [5.74, 6) is 1.32. The van der Waals surface area contributed by atoms with Crippen LogP contribution in [-0.4, -0.2) is 61.2 Å². The molecule has 1 atom stereocenters. The van der Waals surface area contributed by atoms with E-state index in [-0.39, 0.29) is 6.04 Å². The Balaban J connectivity index is 2.26. The molecule has 1 aromatic heterocycles. The number of piperazine rings is 1. The lowest BCUT2D eigenvalue weighted by Gasteiger charge is -2.39. The van der Waals surface area contributed by atoms with E-state index in [1.165, 1.54) is 0 Å². The fourth-order valence-corrected chi connectivity index (χ4v) is 2.23. The summed E-state index contributed by atoms with van der Waals surface area (Å²) < 4.78 is 5.20. The first-order valence-electron chi connectivity index (χ1n) is 6.19. The molecule has 2 rings (SSSR count). The summed E-state index contributed by atoms with van der Waals surface area (Å²) in [5.41, 5.74) is 6.76. The second-order valence-electron chi connectivity index (χ2n) is 4.70. The largest absolute Gasteiger partial charge is 0.481 e. The van der Waals surface area contributed by atoms with Gasteiger partial charge in [0.2, 0.25) is 11.8 Å². The van der Waals surface area contributed by atoms with Crippen molar-refractivity contribution >= 4 is 5.95 Å². The van der Waals surface area contributed by atoms with Gasteiger partial charge in [0.25, 0.3) is 0 Å². The van der Waals surface area contributed by atoms with Crippen molar-refractivity contribution in [3.63, 3.8) is 0 Å². The van der Waals surface area contributed by atoms with Gasteiger partial charge in [0.05, 0.1) is 13.2 Å². The van der Waals surface area contributed by atoms with Gasteiger partial charge in [0, 0.05) is 37.9 Å². The molecule has 1 aromatic rings. The van der Waals surface area contributed by atoms with Gasteiger partial charge in [-0.1, -0.05) is 0 Å². The molecule has 2 N–H and O–H groups in total. The Morgan fingerprint density at radius 1 is 1.44 bits per heavy atom. The van der Waals surface area contributed by atoms with Crippen LogP contribution in [0, 0.1) is 6.92 Å². The molecule has 1 aliphatic heterocycles. The SMILES string of the molecule is COc1cc(C)nc(N2CCN(C)CC2CN)n1. The molecular weight excluding hydrogens is 230 g/mol. The molecule has 1 fully saturated rings. The molecule has 0 spiro atoms. The summed E-state index contributed by atoms with van der Waals surface area (Å²) in [6.07, 6.45) is 0. The molecule has 0 saturated carbocycles. The summed E-state index contributed by atoms with van der Waals surface area (Å²) >= 11 is 0. The number of aryl methyl sites for hydroxylation is 1. The molecule has 0 aromatic carbocycles. The lowest BCUT2D eigenvalue weighted by atomic mass is 10.2. The molecule has 1 saturated heterocycles. The highest BCUT2D eigenvalue weighted by atomic mass is 16.5. The van der Waals surface area contributed by atoms with Crippen LogP contribution in [0.1, 0.15) is 5.69 Å². The van der Waals surface area contributed by atoms with Crippen molar-refractivity contribution in [1.29, 1.82) is 0 Å². The quantitative estimate of drug-likeness (QED) is 0.807. The lowest BCUT2D eigenvalue weighted by Crippen LogP contribution is -2.55. The first kappa shape index (κ1) is 13.0. The second kappa shape index (κ2) is 5.49. The fraction of sp³-hybridized carbons (Fsp3) is 0.667. The number of ether oxygens (including phenoxy) is 1. The second-order valence-corrected chi connectivity index (χ2v) is 4.70. The molecule has 2 heterocycles. The summed E-state index contributed by atoms with van der Waals surface area (Å²) in [5, 5.41) is 0. The zero-order valence-electron chi connectivity index (χ0n) is 11.3. The van der Waals surface area contributed by atoms with Crippen molar-refractivity contribution in [2.75, 3.05) is 45.2 Å². The molecule has 18 heavy (non-hydrogen) atoms. The number of methoxy groups -OCH3 is 1. The zero-order chi connectivity index (χ0) is 13.1. The summed E-state index contributed by atoms with van der Waals surface area (Å²) in [6, 6.07) is 2.09. The molecule has 1 unspecified atom stereocenters. The van der Waals surface area contributed by atoms with E-state index in [0.29, 0.717) is 12.4 Å². The third kappa shape index (κ3) is 2.70. The average Bonchev–Trinajstić information content (AvgIpc) is 2.37. The highest BCUT2D eigenvalue weighted by Crippen LogP contribution is 2.19. The minimum atomic E-state index is 0.259. The summed E-state index contributed by atoms with van der Waals surface area (Å²) in [6.45, 7) is 5.38. The first-order chi connectivity index (χ1) is 8.63. The van der Waals surface area contributed by atoms with Gasteiger partial charge in [-0.05, 0) is 14.0 Å². The Kier molecular flexibility index (Phi) is 3.98. The number of nitrogens with two attached hydrogens (primary N) is 1. The first-order valence-corrected chi connectivity index (χ1v) is 6.19. The van der Waals surface area contributed by atoms with Crippen LogP contribution in [0.5, 0.6) is 5.88 Å². The monoisotopic (exact) mass is 251 g/mol. The molecule has 0 radical (unpaired) electrons. The van der Waals surface area contributed by atoms with E-state index in [2.05, 4.69) is 26.8 Å². The third-order valence-electron chi connectivity index (χ3n) is 3.24. The molecule has 6 nitrogen and oxygen atoms in total. The van der Waals surface area contributed by atoms with Crippen LogP contribution in [0.4, 0.5) is 5.95 Å². The van der Waals surface area contributed by atoms with E-state index >= 15 is 0 Å². The predicted molar refractivity (Wildman–Crippen MR) is 71.0 cm³/mol. The topological polar surface area (TPSA) is 67.5 Å². The smallest absolute Gasteiger partial charge is 0.229 e. The third-order valence-corrected chi connectivity index (χ3v) is 3.24. The van der Waals surface area contributed by atoms with Gasteiger partial charge in [-0.15, -0.1) is 0 Å². The van der Waals surface area contributed by atoms with E-state index in [9.17, 15) is 0 Å². The van der Waals surface area contributed by atoms with E-state index in [1.54, 1.807) is 7.11 Å². The minimum Gasteiger partial charge on any atom is -0.481 e. The maximum Gasteiger partial charge on any atom is 0.229 e. The molecule has 0 amide bonds. The van der Waals surface area contributed by atoms with Gasteiger partial charge in [-0.3, -0.25) is 0 Å². The normalized spacial score (nSPS) is 21.1. The van der Waals surface area contributed by atoms with Crippen molar-refractivity contribution in [3.8, 4) is 5.88 Å². The number of hydrogen-bond donors (Lipinski definition) is 1. The highest BCUT2D eigenvalue weighted by molar-refractivity contribution is 5.37. The Bertz CT molecular complexity index is 411. The van der Waals surface area contributed by atoms with Gasteiger partial charge in [0.15, 0.2) is 0 Å². The number of likely N-dealkylation sites (N-methyl/N-ethyl adjacent to an activating group) is 1. The Morgan fingerprint density at radius 3 is 2.89 bits per heavy atom. The maximum absolute atomic E-state index is 5.85. The minimum absolute atomic E-state index is 0.259. The van der Waals surface area contributed by atoms with Crippen LogP contribution < -0.4 is 15.4 Å².